The van der Waals surface area contributed by atoms with Crippen molar-refractivity contribution < 1.29 is 22.0 Å². The fourth-order valence-corrected chi connectivity index (χ4v) is 2.83. The fraction of sp³-hybridized carbons (Fsp3) is 0.571. The molecule has 7 heteroatoms. The van der Waals surface area contributed by atoms with Gasteiger partial charge in [0.25, 0.3) is 0 Å². The van der Waals surface area contributed by atoms with Crippen LogP contribution in [0.15, 0.2) is 0 Å². The van der Waals surface area contributed by atoms with Crippen LogP contribution in [0, 0.1) is 29.1 Å². The van der Waals surface area contributed by atoms with Crippen LogP contribution in [-0.2, 0) is 0 Å². The fourth-order valence-electron chi connectivity index (χ4n) is 2.83. The smallest absolute Gasteiger partial charge is 0.200 e. The minimum atomic E-state index is -2.14. The van der Waals surface area contributed by atoms with E-state index < -0.39 is 34.8 Å². The van der Waals surface area contributed by atoms with Crippen LogP contribution in [0.25, 0.3) is 0 Å². The largest absolute Gasteiger partial charge is 0.378 e. The van der Waals surface area contributed by atoms with Gasteiger partial charge in [-0.15, -0.1) is 0 Å². The number of likely N-dealkylation sites (N-methyl/N-ethyl adjacent to an activating group) is 1. The van der Waals surface area contributed by atoms with E-state index in [0.29, 0.717) is 0 Å². The van der Waals surface area contributed by atoms with Crippen molar-refractivity contribution in [1.29, 1.82) is 0 Å². The Bertz CT molecular complexity index is 510. The zero-order valence-corrected chi connectivity index (χ0v) is 11.9. The van der Waals surface area contributed by atoms with E-state index >= 15 is 0 Å². The van der Waals surface area contributed by atoms with Crippen molar-refractivity contribution in [3.05, 3.63) is 29.1 Å². The van der Waals surface area contributed by atoms with Gasteiger partial charge in [0, 0.05) is 12.1 Å². The molecule has 2 rings (SSSR count). The van der Waals surface area contributed by atoms with Crippen molar-refractivity contribution in [2.24, 2.45) is 0 Å². The molecule has 0 aromatic heterocycles. The summed E-state index contributed by atoms with van der Waals surface area (Å²) in [5, 5.41) is 2.42. The molecule has 1 N–H and O–H groups in total. The van der Waals surface area contributed by atoms with E-state index in [4.69, 9.17) is 0 Å². The maximum absolute atomic E-state index is 13.6. The van der Waals surface area contributed by atoms with Gasteiger partial charge in [0.1, 0.15) is 5.69 Å². The Morgan fingerprint density at radius 2 is 1.29 bits per heavy atom. The van der Waals surface area contributed by atoms with E-state index in [1.165, 1.54) is 0 Å². The van der Waals surface area contributed by atoms with E-state index in [2.05, 4.69) is 5.32 Å². The molecule has 1 fully saturated rings. The van der Waals surface area contributed by atoms with Gasteiger partial charge in [0.05, 0.1) is 0 Å². The highest BCUT2D eigenvalue weighted by atomic mass is 19.2. The van der Waals surface area contributed by atoms with E-state index in [-0.39, 0.29) is 12.1 Å². The zero-order valence-electron chi connectivity index (χ0n) is 11.9. The lowest BCUT2D eigenvalue weighted by atomic mass is 9.96. The zero-order chi connectivity index (χ0) is 15.8. The van der Waals surface area contributed by atoms with Crippen molar-refractivity contribution in [1.82, 2.24) is 4.90 Å². The monoisotopic (exact) mass is 308 g/mol. The van der Waals surface area contributed by atoms with Gasteiger partial charge in [-0.25, -0.2) is 22.0 Å². The second-order valence-corrected chi connectivity index (χ2v) is 5.62. The van der Waals surface area contributed by atoms with Gasteiger partial charge in [-0.1, -0.05) is 12.8 Å². The van der Waals surface area contributed by atoms with Gasteiger partial charge in [0.2, 0.25) is 5.82 Å². The maximum Gasteiger partial charge on any atom is 0.200 e. The van der Waals surface area contributed by atoms with Gasteiger partial charge in [0.15, 0.2) is 23.3 Å². The molecule has 0 heterocycles. The summed E-state index contributed by atoms with van der Waals surface area (Å²) < 4.78 is 66.5. The predicted octanol–water partition coefficient (Wildman–Crippen LogP) is 3.67. The molecule has 1 aromatic carbocycles. The molecule has 2 nitrogen and oxygen atoms in total. The lowest BCUT2D eigenvalue weighted by Gasteiger charge is -2.36. The van der Waals surface area contributed by atoms with E-state index in [9.17, 15) is 22.0 Å². The van der Waals surface area contributed by atoms with E-state index in [0.717, 1.165) is 25.7 Å². The van der Waals surface area contributed by atoms with Crippen molar-refractivity contribution in [3.63, 3.8) is 0 Å². The highest BCUT2D eigenvalue weighted by molar-refractivity contribution is 5.48. The molecule has 0 radical (unpaired) electrons. The molecule has 1 aliphatic carbocycles. The molecule has 0 saturated heterocycles. The molecule has 1 aliphatic rings. The summed E-state index contributed by atoms with van der Waals surface area (Å²) in [6.07, 6.45) is 3.55. The Morgan fingerprint density at radius 1 is 0.857 bits per heavy atom. The quantitative estimate of drug-likeness (QED) is 0.519. The third-order valence-corrected chi connectivity index (χ3v) is 4.29. The molecule has 0 atom stereocenters. The minimum Gasteiger partial charge on any atom is -0.378 e. The van der Waals surface area contributed by atoms with Crippen LogP contribution in [0.1, 0.15) is 25.7 Å². The first-order chi connectivity index (χ1) is 9.80. The summed E-state index contributed by atoms with van der Waals surface area (Å²) in [5.74, 6) is -9.64. The van der Waals surface area contributed by atoms with Crippen LogP contribution in [-0.4, -0.2) is 31.1 Å². The first-order valence-electron chi connectivity index (χ1n) is 6.73. The highest BCUT2D eigenvalue weighted by Gasteiger charge is 2.36. The third kappa shape index (κ3) is 2.71. The topological polar surface area (TPSA) is 15.3 Å². The first-order valence-corrected chi connectivity index (χ1v) is 6.73. The Hall–Kier alpha value is -1.37. The van der Waals surface area contributed by atoms with Crippen LogP contribution < -0.4 is 5.32 Å². The number of nitrogens with zero attached hydrogens (tertiary/aromatic N) is 1. The van der Waals surface area contributed by atoms with Crippen LogP contribution in [0.5, 0.6) is 0 Å². The third-order valence-electron chi connectivity index (χ3n) is 4.29. The van der Waals surface area contributed by atoms with E-state index in [1.54, 1.807) is 0 Å². The van der Waals surface area contributed by atoms with Crippen LogP contribution >= 0.6 is 0 Å². The molecular formula is C14H17F5N2. The number of rotatable bonds is 4. The van der Waals surface area contributed by atoms with Gasteiger partial charge in [-0.3, -0.25) is 0 Å². The van der Waals surface area contributed by atoms with Crippen molar-refractivity contribution >= 4 is 5.69 Å². The lowest BCUT2D eigenvalue weighted by molar-refractivity contribution is 0.172. The Labute approximate surface area is 119 Å². The SMILES string of the molecule is CN(C)C1(CNc2c(F)c(F)c(F)c(F)c2F)CCCC1. The Kier molecular flexibility index (Phi) is 4.41. The average Bonchev–Trinajstić information content (AvgIpc) is 2.93. The second kappa shape index (κ2) is 5.79. The highest BCUT2D eigenvalue weighted by Crippen LogP contribution is 2.35. The molecule has 0 spiro atoms. The number of benzene rings is 1. The normalized spacial score (nSPS) is 17.5. The summed E-state index contributed by atoms with van der Waals surface area (Å²) in [6, 6.07) is 0. The number of hydrogen-bond acceptors (Lipinski definition) is 2. The van der Waals surface area contributed by atoms with Crippen molar-refractivity contribution in [3.8, 4) is 0 Å². The van der Waals surface area contributed by atoms with E-state index in [1.807, 2.05) is 19.0 Å². The summed E-state index contributed by atoms with van der Waals surface area (Å²) in [5.41, 5.74) is -1.29. The Morgan fingerprint density at radius 3 is 1.71 bits per heavy atom. The lowest BCUT2D eigenvalue weighted by Crippen LogP contribution is -2.47. The molecule has 0 bridgehead atoms. The molecule has 118 valence electrons. The van der Waals surface area contributed by atoms with Crippen molar-refractivity contribution in [2.75, 3.05) is 26.0 Å². The number of nitrogens with one attached hydrogen (secondary N) is 1. The molecular weight excluding hydrogens is 291 g/mol. The summed E-state index contributed by atoms with van der Waals surface area (Å²) >= 11 is 0. The van der Waals surface area contributed by atoms with Crippen LogP contribution in [0.4, 0.5) is 27.6 Å². The van der Waals surface area contributed by atoms with Gasteiger partial charge in [-0.05, 0) is 26.9 Å². The number of hydrogen-bond donors (Lipinski definition) is 1. The van der Waals surface area contributed by atoms with Gasteiger partial charge < -0.3 is 10.2 Å². The average molecular weight is 308 g/mol. The van der Waals surface area contributed by atoms with Crippen LogP contribution in [0.2, 0.25) is 0 Å². The summed E-state index contributed by atoms with van der Waals surface area (Å²) in [7, 11) is 3.68. The predicted molar refractivity (Wildman–Crippen MR) is 69.6 cm³/mol. The minimum absolute atomic E-state index is 0.123. The molecule has 0 aliphatic heterocycles. The molecule has 1 saturated carbocycles. The number of halogens is 5. The first kappa shape index (κ1) is 16.0. The molecule has 21 heavy (non-hydrogen) atoms. The van der Waals surface area contributed by atoms with Gasteiger partial charge >= 0.3 is 0 Å². The summed E-state index contributed by atoms with van der Waals surface area (Å²) in [6.45, 7) is 0.123. The Balaban J connectivity index is 2.28. The van der Waals surface area contributed by atoms with Gasteiger partial charge in [-0.2, -0.15) is 0 Å². The van der Waals surface area contributed by atoms with Crippen molar-refractivity contribution in [2.45, 2.75) is 31.2 Å². The maximum atomic E-state index is 13.6. The standard InChI is InChI=1S/C14H17F5N2/c1-21(2)14(5-3-4-6-14)7-20-13-11(18)9(16)8(15)10(17)12(13)19/h20H,3-7H2,1-2H3. The molecule has 0 amide bonds. The van der Waals surface area contributed by atoms with Crippen LogP contribution in [0.3, 0.4) is 0 Å². The number of anilines is 1. The molecule has 0 unspecified atom stereocenters. The second-order valence-electron chi connectivity index (χ2n) is 5.62. The summed E-state index contributed by atoms with van der Waals surface area (Å²) in [4.78, 5) is 1.93. The molecule has 1 aromatic rings.